The minimum absolute atomic E-state index is 0.0462. The molecule has 1 aliphatic rings. The molecule has 0 spiro atoms. The zero-order valence-electron chi connectivity index (χ0n) is 14.0. The van der Waals surface area contributed by atoms with Gasteiger partial charge in [-0.05, 0) is 44.0 Å². The van der Waals surface area contributed by atoms with Crippen molar-refractivity contribution in [2.45, 2.75) is 25.8 Å². The second-order valence-corrected chi connectivity index (χ2v) is 5.87. The number of carbonyl (C=O) groups excluding carboxylic acids is 2. The molecule has 2 amide bonds. The zero-order valence-corrected chi connectivity index (χ0v) is 14.0. The van der Waals surface area contributed by atoms with Gasteiger partial charge in [0.2, 0.25) is 0 Å². The average molecular weight is 319 g/mol. The summed E-state index contributed by atoms with van der Waals surface area (Å²) in [6, 6.07) is 7.69. The van der Waals surface area contributed by atoms with Crippen LogP contribution < -0.4 is 10.2 Å². The monoisotopic (exact) mass is 319 g/mol. The summed E-state index contributed by atoms with van der Waals surface area (Å²) >= 11 is 0. The molecule has 0 aromatic heterocycles. The first-order valence-electron chi connectivity index (χ1n) is 8.01. The van der Waals surface area contributed by atoms with Crippen molar-refractivity contribution >= 4 is 17.7 Å². The molecule has 0 unspecified atom stereocenters. The van der Waals surface area contributed by atoms with Crippen molar-refractivity contribution in [3.05, 3.63) is 29.8 Å². The quantitative estimate of drug-likeness (QED) is 0.923. The molecule has 6 nitrogen and oxygen atoms in total. The molecule has 126 valence electrons. The van der Waals surface area contributed by atoms with Crippen LogP contribution in [0, 0.1) is 0 Å². The summed E-state index contributed by atoms with van der Waals surface area (Å²) in [5.41, 5.74) is 1.77. The van der Waals surface area contributed by atoms with Gasteiger partial charge in [-0.25, -0.2) is 4.79 Å². The molecule has 1 N–H and O–H groups in total. The normalized spacial score (nSPS) is 15.2. The van der Waals surface area contributed by atoms with Crippen molar-refractivity contribution in [2.24, 2.45) is 0 Å². The third-order valence-electron chi connectivity index (χ3n) is 4.01. The second kappa shape index (κ2) is 7.85. The highest BCUT2D eigenvalue weighted by molar-refractivity contribution is 5.94. The Hall–Kier alpha value is -2.24. The van der Waals surface area contributed by atoms with E-state index in [1.807, 2.05) is 48.2 Å². The van der Waals surface area contributed by atoms with E-state index in [1.165, 1.54) is 0 Å². The Morgan fingerprint density at radius 2 is 1.83 bits per heavy atom. The van der Waals surface area contributed by atoms with Crippen LogP contribution in [0.1, 0.15) is 30.1 Å². The molecular formula is C17H25N3O3. The predicted molar refractivity (Wildman–Crippen MR) is 89.9 cm³/mol. The van der Waals surface area contributed by atoms with Crippen LogP contribution in [-0.2, 0) is 4.74 Å². The first-order valence-corrected chi connectivity index (χ1v) is 8.01. The number of likely N-dealkylation sites (tertiary alicyclic amines) is 1. The number of alkyl carbamates (subject to hydrolysis) is 1. The Balaban J connectivity index is 1.87. The first-order chi connectivity index (χ1) is 11.0. The van der Waals surface area contributed by atoms with Gasteiger partial charge in [0.15, 0.2) is 0 Å². The lowest BCUT2D eigenvalue weighted by Gasteiger charge is -2.32. The predicted octanol–water partition coefficient (Wildman–Crippen LogP) is 2.10. The molecule has 0 aliphatic carbocycles. The molecule has 0 radical (unpaired) electrons. The van der Waals surface area contributed by atoms with E-state index in [4.69, 9.17) is 4.74 Å². The third-order valence-corrected chi connectivity index (χ3v) is 4.01. The van der Waals surface area contributed by atoms with Crippen LogP contribution in [0.4, 0.5) is 10.5 Å². The Labute approximate surface area is 137 Å². The molecule has 1 heterocycles. The van der Waals surface area contributed by atoms with Crippen molar-refractivity contribution in [3.63, 3.8) is 0 Å². The SMILES string of the molecule is CCOC(=O)NC1CCN(C(=O)c2ccc(N(C)C)cc2)CC1. The lowest BCUT2D eigenvalue weighted by atomic mass is 10.0. The van der Waals surface area contributed by atoms with Gasteiger partial charge in [0.05, 0.1) is 6.61 Å². The molecular weight excluding hydrogens is 294 g/mol. The topological polar surface area (TPSA) is 61.9 Å². The number of nitrogens with zero attached hydrogens (tertiary/aromatic N) is 2. The smallest absolute Gasteiger partial charge is 0.407 e. The fraction of sp³-hybridized carbons (Fsp3) is 0.529. The highest BCUT2D eigenvalue weighted by atomic mass is 16.5. The largest absolute Gasteiger partial charge is 0.450 e. The highest BCUT2D eigenvalue weighted by Gasteiger charge is 2.24. The summed E-state index contributed by atoms with van der Waals surface area (Å²) < 4.78 is 4.88. The number of ether oxygens (including phenoxy) is 1. The van der Waals surface area contributed by atoms with Gasteiger partial charge in [-0.15, -0.1) is 0 Å². The number of rotatable bonds is 4. The Morgan fingerprint density at radius 3 is 2.35 bits per heavy atom. The summed E-state index contributed by atoms with van der Waals surface area (Å²) in [7, 11) is 3.94. The standard InChI is InChI=1S/C17H25N3O3/c1-4-23-17(22)18-14-9-11-20(12-10-14)16(21)13-5-7-15(8-6-13)19(2)3/h5-8,14H,4,9-12H2,1-3H3,(H,18,22). The average Bonchev–Trinajstić information content (AvgIpc) is 2.55. The van der Waals surface area contributed by atoms with Crippen molar-refractivity contribution in [1.82, 2.24) is 10.2 Å². The van der Waals surface area contributed by atoms with Crippen LogP contribution in [0.5, 0.6) is 0 Å². The van der Waals surface area contributed by atoms with Crippen molar-refractivity contribution in [2.75, 3.05) is 38.7 Å². The fourth-order valence-electron chi connectivity index (χ4n) is 2.65. The van der Waals surface area contributed by atoms with Gasteiger partial charge in [0.1, 0.15) is 0 Å². The van der Waals surface area contributed by atoms with Crippen molar-refractivity contribution in [3.8, 4) is 0 Å². The molecule has 0 atom stereocenters. The first kappa shape index (κ1) is 17.1. The van der Waals surface area contributed by atoms with E-state index in [0.717, 1.165) is 18.5 Å². The number of carbonyl (C=O) groups is 2. The molecule has 1 fully saturated rings. The lowest BCUT2D eigenvalue weighted by Crippen LogP contribution is -2.46. The highest BCUT2D eigenvalue weighted by Crippen LogP contribution is 2.17. The Morgan fingerprint density at radius 1 is 1.22 bits per heavy atom. The number of anilines is 1. The van der Waals surface area contributed by atoms with Gasteiger partial charge in [0, 0.05) is 44.5 Å². The summed E-state index contributed by atoms with van der Waals surface area (Å²) in [4.78, 5) is 27.8. The molecule has 1 aliphatic heterocycles. The van der Waals surface area contributed by atoms with Crippen LogP contribution in [0.15, 0.2) is 24.3 Å². The van der Waals surface area contributed by atoms with E-state index < -0.39 is 0 Å². The maximum Gasteiger partial charge on any atom is 0.407 e. The Bertz CT molecular complexity index is 535. The minimum atomic E-state index is -0.378. The van der Waals surface area contributed by atoms with Crippen LogP contribution in [0.2, 0.25) is 0 Å². The van der Waals surface area contributed by atoms with Gasteiger partial charge in [0.25, 0.3) is 5.91 Å². The molecule has 1 aromatic carbocycles. The van der Waals surface area contributed by atoms with Gasteiger partial charge >= 0.3 is 6.09 Å². The number of piperidine rings is 1. The molecule has 23 heavy (non-hydrogen) atoms. The van der Waals surface area contributed by atoms with E-state index in [2.05, 4.69) is 5.32 Å². The number of benzene rings is 1. The Kier molecular flexibility index (Phi) is 5.84. The van der Waals surface area contributed by atoms with Crippen molar-refractivity contribution < 1.29 is 14.3 Å². The van der Waals surface area contributed by atoms with E-state index in [9.17, 15) is 9.59 Å². The molecule has 1 aromatic rings. The fourth-order valence-corrected chi connectivity index (χ4v) is 2.65. The summed E-state index contributed by atoms with van der Waals surface area (Å²) in [5, 5.41) is 2.83. The molecule has 0 bridgehead atoms. The van der Waals surface area contributed by atoms with Gasteiger partial charge in [-0.2, -0.15) is 0 Å². The van der Waals surface area contributed by atoms with Gasteiger partial charge < -0.3 is 19.9 Å². The summed E-state index contributed by atoms with van der Waals surface area (Å²) in [6.07, 6.45) is 1.12. The van der Waals surface area contributed by atoms with E-state index in [0.29, 0.717) is 25.3 Å². The molecule has 0 saturated carbocycles. The van der Waals surface area contributed by atoms with E-state index >= 15 is 0 Å². The number of amides is 2. The number of hydrogen-bond donors (Lipinski definition) is 1. The van der Waals surface area contributed by atoms with Crippen LogP contribution in [-0.4, -0.2) is 56.7 Å². The number of hydrogen-bond acceptors (Lipinski definition) is 4. The zero-order chi connectivity index (χ0) is 16.8. The summed E-state index contributed by atoms with van der Waals surface area (Å²) in [5.74, 6) is 0.0462. The van der Waals surface area contributed by atoms with Crippen LogP contribution in [0.25, 0.3) is 0 Å². The minimum Gasteiger partial charge on any atom is -0.450 e. The maximum atomic E-state index is 12.5. The molecule has 6 heteroatoms. The van der Waals surface area contributed by atoms with Crippen LogP contribution >= 0.6 is 0 Å². The lowest BCUT2D eigenvalue weighted by molar-refractivity contribution is 0.0702. The number of nitrogens with one attached hydrogen (secondary N) is 1. The maximum absolute atomic E-state index is 12.5. The van der Waals surface area contributed by atoms with E-state index in [-0.39, 0.29) is 18.0 Å². The third kappa shape index (κ3) is 4.61. The summed E-state index contributed by atoms with van der Waals surface area (Å²) in [6.45, 7) is 3.44. The second-order valence-electron chi connectivity index (χ2n) is 5.87. The van der Waals surface area contributed by atoms with Crippen molar-refractivity contribution in [1.29, 1.82) is 0 Å². The van der Waals surface area contributed by atoms with E-state index in [1.54, 1.807) is 6.92 Å². The van der Waals surface area contributed by atoms with Gasteiger partial charge in [-0.1, -0.05) is 0 Å². The van der Waals surface area contributed by atoms with Crippen LogP contribution in [0.3, 0.4) is 0 Å². The van der Waals surface area contributed by atoms with Gasteiger partial charge in [-0.3, -0.25) is 4.79 Å². The molecule has 2 rings (SSSR count). The molecule has 1 saturated heterocycles.